The average molecular weight is 781 g/mol. The predicted octanol–water partition coefficient (Wildman–Crippen LogP) is 16.4. The summed E-state index contributed by atoms with van der Waals surface area (Å²) in [7, 11) is 0. The smallest absolute Gasteiger partial charge is 0.135 e. The molecule has 0 radical (unpaired) electrons. The fraction of sp³-hybridized carbons (Fsp3) is 0. The molecule has 0 unspecified atom stereocenters. The molecule has 11 rings (SSSR count). The number of nitrogens with zero attached hydrogens (tertiary/aromatic N) is 2. The Morgan fingerprint density at radius 3 is 1.72 bits per heavy atom. The highest BCUT2D eigenvalue weighted by atomic mass is 16.3. The summed E-state index contributed by atoms with van der Waals surface area (Å²) in [6.07, 6.45) is 8.30. The molecule has 0 fully saturated rings. The van der Waals surface area contributed by atoms with E-state index in [-0.39, 0.29) is 0 Å². The van der Waals surface area contributed by atoms with Crippen LogP contribution in [-0.4, -0.2) is 0 Å². The number of hydrogen-bond acceptors (Lipinski definition) is 3. The molecular formula is C58H40N2O. The molecule has 0 amide bonds. The number of allylic oxidation sites excluding steroid dienone is 4. The SMILES string of the molecule is C=C1/C=C\C=C/N(c2ccccc2)c2ccc(-c3ccc(-c4ccc(N(c5ccc(-c6ccc7oc8ccccc8c7c6)cc5)c5cccc6ccccc56)cc4)cc3)cc21. The molecule has 1 aliphatic rings. The minimum absolute atomic E-state index is 0.904. The lowest BCUT2D eigenvalue weighted by Crippen LogP contribution is -2.11. The van der Waals surface area contributed by atoms with Crippen LogP contribution in [-0.2, 0) is 0 Å². The maximum atomic E-state index is 6.11. The van der Waals surface area contributed by atoms with Gasteiger partial charge in [0.15, 0.2) is 0 Å². The first kappa shape index (κ1) is 36.0. The van der Waals surface area contributed by atoms with E-state index in [4.69, 9.17) is 4.42 Å². The van der Waals surface area contributed by atoms with Gasteiger partial charge in [0.25, 0.3) is 0 Å². The van der Waals surface area contributed by atoms with Crippen molar-refractivity contribution in [3.8, 4) is 33.4 Å². The van der Waals surface area contributed by atoms with Gasteiger partial charge in [-0.25, -0.2) is 0 Å². The fourth-order valence-corrected chi connectivity index (χ4v) is 8.67. The van der Waals surface area contributed by atoms with E-state index in [2.05, 4.69) is 229 Å². The van der Waals surface area contributed by atoms with Gasteiger partial charge < -0.3 is 14.2 Å². The predicted molar refractivity (Wildman–Crippen MR) is 258 cm³/mol. The molecule has 288 valence electrons. The van der Waals surface area contributed by atoms with Crippen LogP contribution in [0.4, 0.5) is 28.4 Å². The van der Waals surface area contributed by atoms with Crippen molar-refractivity contribution in [1.29, 1.82) is 0 Å². The van der Waals surface area contributed by atoms with E-state index in [1.165, 1.54) is 10.8 Å². The van der Waals surface area contributed by atoms with Gasteiger partial charge in [-0.3, -0.25) is 0 Å². The number of anilines is 5. The molecule has 0 aliphatic carbocycles. The standard InChI is InChI=1S/C58H40N2O/c1-40-12-9-10-37-59(48-15-3-2-4-16-48)55-35-29-46(38-53(40)55)43-23-21-41(22-24-43)42-25-31-49(32-26-42)60(56-19-11-14-45-13-5-6-17-51(45)56)50-33-27-44(28-34-50)47-30-36-58-54(39-47)52-18-7-8-20-57(52)61-58/h2-39H,1H2/b12-9-,37-10-. The maximum absolute atomic E-state index is 6.11. The Balaban J connectivity index is 0.908. The van der Waals surface area contributed by atoms with Gasteiger partial charge >= 0.3 is 0 Å². The fourth-order valence-electron chi connectivity index (χ4n) is 8.67. The summed E-state index contributed by atoms with van der Waals surface area (Å²) in [5.41, 5.74) is 16.4. The van der Waals surface area contributed by atoms with Crippen molar-refractivity contribution in [2.75, 3.05) is 9.80 Å². The minimum Gasteiger partial charge on any atom is -0.456 e. The van der Waals surface area contributed by atoms with Crippen molar-refractivity contribution < 1.29 is 4.42 Å². The maximum Gasteiger partial charge on any atom is 0.135 e. The summed E-state index contributed by atoms with van der Waals surface area (Å²) in [4.78, 5) is 4.59. The highest BCUT2D eigenvalue weighted by molar-refractivity contribution is 6.06. The molecule has 0 atom stereocenters. The van der Waals surface area contributed by atoms with Crippen molar-refractivity contribution in [2.24, 2.45) is 0 Å². The topological polar surface area (TPSA) is 19.6 Å². The second-order valence-corrected chi connectivity index (χ2v) is 15.5. The third-order valence-electron chi connectivity index (χ3n) is 11.8. The molecule has 2 heterocycles. The van der Waals surface area contributed by atoms with Gasteiger partial charge in [0, 0.05) is 45.0 Å². The summed E-state index contributed by atoms with van der Waals surface area (Å²) in [6.45, 7) is 4.42. The van der Waals surface area contributed by atoms with Gasteiger partial charge in [-0.2, -0.15) is 0 Å². The second kappa shape index (κ2) is 15.2. The van der Waals surface area contributed by atoms with E-state index >= 15 is 0 Å². The highest BCUT2D eigenvalue weighted by Crippen LogP contribution is 2.42. The molecule has 0 saturated carbocycles. The van der Waals surface area contributed by atoms with Crippen LogP contribution in [0.2, 0.25) is 0 Å². The molecule has 0 N–H and O–H groups in total. The van der Waals surface area contributed by atoms with Crippen LogP contribution in [0.25, 0.3) is 71.7 Å². The molecule has 0 bridgehead atoms. The third-order valence-corrected chi connectivity index (χ3v) is 11.8. The Morgan fingerprint density at radius 2 is 0.984 bits per heavy atom. The summed E-state index contributed by atoms with van der Waals surface area (Å²) < 4.78 is 6.11. The first-order chi connectivity index (χ1) is 30.1. The monoisotopic (exact) mass is 780 g/mol. The van der Waals surface area contributed by atoms with Crippen LogP contribution in [0, 0.1) is 0 Å². The third kappa shape index (κ3) is 6.69. The minimum atomic E-state index is 0.904. The highest BCUT2D eigenvalue weighted by Gasteiger charge is 2.18. The average Bonchev–Trinajstić information content (AvgIpc) is 3.70. The second-order valence-electron chi connectivity index (χ2n) is 15.5. The lowest BCUT2D eigenvalue weighted by molar-refractivity contribution is 0.669. The van der Waals surface area contributed by atoms with E-state index in [9.17, 15) is 0 Å². The first-order valence-corrected chi connectivity index (χ1v) is 20.7. The Labute approximate surface area is 355 Å². The summed E-state index contributed by atoms with van der Waals surface area (Å²) in [5.74, 6) is 0. The zero-order valence-corrected chi connectivity index (χ0v) is 33.4. The van der Waals surface area contributed by atoms with E-state index in [0.717, 1.165) is 94.9 Å². The number of benzene rings is 9. The molecule has 9 aromatic carbocycles. The molecule has 3 nitrogen and oxygen atoms in total. The number of fused-ring (bicyclic) bond motifs is 5. The summed E-state index contributed by atoms with van der Waals surface area (Å²) >= 11 is 0. The zero-order chi connectivity index (χ0) is 40.7. The van der Waals surface area contributed by atoms with E-state index in [1.54, 1.807) is 0 Å². The quantitative estimate of drug-likeness (QED) is 0.161. The van der Waals surface area contributed by atoms with Crippen molar-refractivity contribution in [1.82, 2.24) is 0 Å². The lowest BCUT2D eigenvalue weighted by atomic mass is 9.95. The van der Waals surface area contributed by atoms with Crippen molar-refractivity contribution in [3.05, 3.63) is 243 Å². The number of hydrogen-bond donors (Lipinski definition) is 0. The summed E-state index contributed by atoms with van der Waals surface area (Å²) in [5, 5.41) is 4.67. The van der Waals surface area contributed by atoms with Gasteiger partial charge in [0.2, 0.25) is 0 Å². The van der Waals surface area contributed by atoms with E-state index in [0.29, 0.717) is 0 Å². The van der Waals surface area contributed by atoms with Crippen LogP contribution < -0.4 is 9.80 Å². The van der Waals surface area contributed by atoms with E-state index in [1.807, 2.05) is 18.2 Å². The molecule has 3 heteroatoms. The molecular weight excluding hydrogens is 741 g/mol. The number of para-hydroxylation sites is 2. The van der Waals surface area contributed by atoms with Crippen LogP contribution >= 0.6 is 0 Å². The Bertz CT molecular complexity index is 3300. The van der Waals surface area contributed by atoms with Gasteiger partial charge in [-0.1, -0.05) is 152 Å². The molecule has 0 saturated heterocycles. The van der Waals surface area contributed by atoms with Gasteiger partial charge in [-0.15, -0.1) is 0 Å². The Morgan fingerprint density at radius 1 is 0.426 bits per heavy atom. The molecule has 10 aromatic rings. The molecule has 61 heavy (non-hydrogen) atoms. The molecule has 1 aromatic heterocycles. The van der Waals surface area contributed by atoms with Gasteiger partial charge in [0.05, 0.1) is 11.4 Å². The van der Waals surface area contributed by atoms with Crippen molar-refractivity contribution in [2.45, 2.75) is 0 Å². The molecule has 1 aliphatic heterocycles. The number of rotatable bonds is 7. The van der Waals surface area contributed by atoms with Crippen molar-refractivity contribution >= 4 is 66.7 Å². The van der Waals surface area contributed by atoms with Crippen LogP contribution in [0.5, 0.6) is 0 Å². The van der Waals surface area contributed by atoms with Crippen LogP contribution in [0.15, 0.2) is 242 Å². The van der Waals surface area contributed by atoms with Gasteiger partial charge in [-0.05, 0) is 123 Å². The number of furan rings is 1. The van der Waals surface area contributed by atoms with E-state index < -0.39 is 0 Å². The largest absolute Gasteiger partial charge is 0.456 e. The van der Waals surface area contributed by atoms with Crippen molar-refractivity contribution in [3.63, 3.8) is 0 Å². The zero-order valence-electron chi connectivity index (χ0n) is 33.4. The Hall–Kier alpha value is -8.14. The molecule has 0 spiro atoms. The van der Waals surface area contributed by atoms with Crippen LogP contribution in [0.3, 0.4) is 0 Å². The van der Waals surface area contributed by atoms with Gasteiger partial charge in [0.1, 0.15) is 11.2 Å². The van der Waals surface area contributed by atoms with Crippen LogP contribution in [0.1, 0.15) is 5.56 Å². The first-order valence-electron chi connectivity index (χ1n) is 20.7. The normalized spacial score (nSPS) is 13.5. The summed E-state index contributed by atoms with van der Waals surface area (Å²) in [6, 6.07) is 73.7. The Kier molecular flexibility index (Phi) is 8.98. The lowest BCUT2D eigenvalue weighted by Gasteiger charge is -2.27.